The number of hydrogen-bond acceptors (Lipinski definition) is 3. The first-order valence-corrected chi connectivity index (χ1v) is 7.55. The molecule has 1 aliphatic rings. The van der Waals surface area contributed by atoms with Crippen molar-refractivity contribution in [2.24, 2.45) is 10.8 Å². The lowest BCUT2D eigenvalue weighted by atomic mass is 9.98. The van der Waals surface area contributed by atoms with Crippen molar-refractivity contribution in [3.05, 3.63) is 65.5 Å². The Morgan fingerprint density at radius 1 is 1.22 bits per heavy atom. The third-order valence-corrected chi connectivity index (χ3v) is 4.00. The standard InChI is InChI=1S/C17H16FN3OS/c1-22-14-8-4-12(5-9-14)16-10-15(20-21(16)17(19)23)11-2-6-13(18)7-3-11/h2-9,16H,10H2,1H3,(H2,19,23). The van der Waals surface area contributed by atoms with Gasteiger partial charge in [-0.1, -0.05) is 24.3 Å². The van der Waals surface area contributed by atoms with E-state index in [4.69, 9.17) is 22.7 Å². The van der Waals surface area contributed by atoms with E-state index in [-0.39, 0.29) is 17.0 Å². The molecule has 118 valence electrons. The second-order valence-electron chi connectivity index (χ2n) is 5.23. The smallest absolute Gasteiger partial charge is 0.187 e. The van der Waals surface area contributed by atoms with Crippen molar-refractivity contribution in [1.29, 1.82) is 0 Å². The number of thiocarbonyl (C=S) groups is 1. The second-order valence-corrected chi connectivity index (χ2v) is 5.65. The molecule has 2 aromatic rings. The summed E-state index contributed by atoms with van der Waals surface area (Å²) in [5.74, 6) is 0.513. The van der Waals surface area contributed by atoms with Crippen LogP contribution in [0.1, 0.15) is 23.6 Å². The van der Waals surface area contributed by atoms with Gasteiger partial charge >= 0.3 is 0 Å². The van der Waals surface area contributed by atoms with Crippen molar-refractivity contribution < 1.29 is 9.13 Å². The minimum Gasteiger partial charge on any atom is -0.497 e. The van der Waals surface area contributed by atoms with Crippen molar-refractivity contribution in [3.8, 4) is 5.75 Å². The minimum absolute atomic E-state index is 0.0709. The van der Waals surface area contributed by atoms with Gasteiger partial charge in [0, 0.05) is 6.42 Å². The Labute approximate surface area is 139 Å². The molecule has 4 nitrogen and oxygen atoms in total. The average molecular weight is 329 g/mol. The van der Waals surface area contributed by atoms with E-state index in [9.17, 15) is 4.39 Å². The maximum absolute atomic E-state index is 13.1. The van der Waals surface area contributed by atoms with E-state index in [0.717, 1.165) is 22.6 Å². The van der Waals surface area contributed by atoms with Crippen LogP contribution in [-0.2, 0) is 0 Å². The van der Waals surface area contributed by atoms with Crippen molar-refractivity contribution in [2.75, 3.05) is 7.11 Å². The monoisotopic (exact) mass is 329 g/mol. The normalized spacial score (nSPS) is 17.0. The van der Waals surface area contributed by atoms with Crippen molar-refractivity contribution in [3.63, 3.8) is 0 Å². The summed E-state index contributed by atoms with van der Waals surface area (Å²) in [7, 11) is 1.63. The molecule has 6 heteroatoms. The predicted octanol–water partition coefficient (Wildman–Crippen LogP) is 3.23. The lowest BCUT2D eigenvalue weighted by Gasteiger charge is -2.22. The zero-order valence-corrected chi connectivity index (χ0v) is 13.4. The number of nitrogens with two attached hydrogens (primary N) is 1. The zero-order valence-electron chi connectivity index (χ0n) is 12.6. The Bertz CT molecular complexity index is 743. The fraction of sp³-hybridized carbons (Fsp3) is 0.176. The van der Waals surface area contributed by atoms with Crippen LogP contribution in [0.4, 0.5) is 4.39 Å². The Morgan fingerprint density at radius 3 is 2.43 bits per heavy atom. The number of benzene rings is 2. The van der Waals surface area contributed by atoms with E-state index in [1.54, 1.807) is 24.3 Å². The summed E-state index contributed by atoms with van der Waals surface area (Å²) < 4.78 is 18.3. The first-order valence-electron chi connectivity index (χ1n) is 7.14. The minimum atomic E-state index is -0.273. The van der Waals surface area contributed by atoms with Gasteiger partial charge in [0.2, 0.25) is 0 Å². The Balaban J connectivity index is 1.90. The molecule has 0 radical (unpaired) electrons. The summed E-state index contributed by atoms with van der Waals surface area (Å²) in [6.07, 6.45) is 0.648. The molecule has 2 aromatic carbocycles. The molecule has 1 heterocycles. The summed E-state index contributed by atoms with van der Waals surface area (Å²) in [6, 6.07) is 13.9. The van der Waals surface area contributed by atoms with Crippen LogP contribution in [0.15, 0.2) is 53.6 Å². The summed E-state index contributed by atoms with van der Waals surface area (Å²) in [5, 5.41) is 6.36. The highest BCUT2D eigenvalue weighted by atomic mass is 32.1. The maximum atomic E-state index is 13.1. The number of hydrazone groups is 1. The van der Waals surface area contributed by atoms with Crippen molar-refractivity contribution in [1.82, 2.24) is 5.01 Å². The zero-order chi connectivity index (χ0) is 16.4. The quantitative estimate of drug-likeness (QED) is 0.879. The van der Waals surface area contributed by atoms with Gasteiger partial charge in [-0.25, -0.2) is 9.40 Å². The largest absolute Gasteiger partial charge is 0.497 e. The third kappa shape index (κ3) is 3.17. The Hall–Kier alpha value is -2.47. The first kappa shape index (κ1) is 15.4. The number of nitrogens with zero attached hydrogens (tertiary/aromatic N) is 2. The molecular formula is C17H16FN3OS. The van der Waals surface area contributed by atoms with Gasteiger partial charge in [-0.2, -0.15) is 5.10 Å². The van der Waals surface area contributed by atoms with Crippen LogP contribution in [-0.4, -0.2) is 22.9 Å². The molecular weight excluding hydrogens is 313 g/mol. The van der Waals surface area contributed by atoms with Crippen LogP contribution >= 0.6 is 12.2 Å². The lowest BCUT2D eigenvalue weighted by Crippen LogP contribution is -2.31. The number of hydrogen-bond donors (Lipinski definition) is 1. The molecule has 23 heavy (non-hydrogen) atoms. The highest BCUT2D eigenvalue weighted by Crippen LogP contribution is 2.33. The predicted molar refractivity (Wildman–Crippen MR) is 91.9 cm³/mol. The van der Waals surface area contributed by atoms with E-state index in [1.165, 1.54) is 12.1 Å². The Morgan fingerprint density at radius 2 is 1.87 bits per heavy atom. The molecule has 0 aliphatic carbocycles. The van der Waals surface area contributed by atoms with Gasteiger partial charge in [0.05, 0.1) is 18.9 Å². The molecule has 0 amide bonds. The molecule has 0 saturated carbocycles. The van der Waals surface area contributed by atoms with Crippen LogP contribution in [0.25, 0.3) is 0 Å². The number of halogens is 1. The molecule has 0 saturated heterocycles. The van der Waals surface area contributed by atoms with E-state index in [1.807, 2.05) is 24.3 Å². The molecule has 1 aliphatic heterocycles. The molecule has 2 N–H and O–H groups in total. The molecule has 0 bridgehead atoms. The van der Waals surface area contributed by atoms with Gasteiger partial charge in [-0.15, -0.1) is 0 Å². The average Bonchev–Trinajstić information content (AvgIpc) is 3.01. The highest BCUT2D eigenvalue weighted by molar-refractivity contribution is 7.80. The Kier molecular flexibility index (Phi) is 4.25. The molecule has 0 fully saturated rings. The van der Waals surface area contributed by atoms with Gasteiger partial charge < -0.3 is 10.5 Å². The molecule has 1 unspecified atom stereocenters. The fourth-order valence-corrected chi connectivity index (χ4v) is 2.78. The van der Waals surface area contributed by atoms with Gasteiger partial charge in [0.15, 0.2) is 5.11 Å². The topological polar surface area (TPSA) is 50.8 Å². The lowest BCUT2D eigenvalue weighted by molar-refractivity contribution is 0.371. The molecule has 1 atom stereocenters. The highest BCUT2D eigenvalue weighted by Gasteiger charge is 2.30. The van der Waals surface area contributed by atoms with Gasteiger partial charge in [-0.3, -0.25) is 0 Å². The second kappa shape index (κ2) is 6.34. The van der Waals surface area contributed by atoms with E-state index in [2.05, 4.69) is 5.10 Å². The number of rotatable bonds is 3. The van der Waals surface area contributed by atoms with Gasteiger partial charge in [0.1, 0.15) is 11.6 Å². The van der Waals surface area contributed by atoms with Crippen LogP contribution in [0.2, 0.25) is 0 Å². The fourth-order valence-electron chi connectivity index (χ4n) is 2.62. The molecule has 3 rings (SSSR count). The summed E-state index contributed by atoms with van der Waals surface area (Å²) in [6.45, 7) is 0. The summed E-state index contributed by atoms with van der Waals surface area (Å²) in [4.78, 5) is 0. The third-order valence-electron chi connectivity index (χ3n) is 3.81. The summed E-state index contributed by atoms with van der Waals surface area (Å²) >= 11 is 5.12. The van der Waals surface area contributed by atoms with E-state index < -0.39 is 0 Å². The number of ether oxygens (including phenoxy) is 1. The van der Waals surface area contributed by atoms with Crippen LogP contribution in [0.3, 0.4) is 0 Å². The van der Waals surface area contributed by atoms with E-state index >= 15 is 0 Å². The van der Waals surface area contributed by atoms with Crippen molar-refractivity contribution >= 4 is 23.0 Å². The van der Waals surface area contributed by atoms with Crippen molar-refractivity contribution in [2.45, 2.75) is 12.5 Å². The summed E-state index contributed by atoms with van der Waals surface area (Å²) in [5.41, 5.74) is 8.55. The first-order chi connectivity index (χ1) is 11.1. The van der Waals surface area contributed by atoms with Crippen LogP contribution in [0.5, 0.6) is 5.75 Å². The van der Waals surface area contributed by atoms with Crippen LogP contribution in [0, 0.1) is 5.82 Å². The SMILES string of the molecule is COc1ccc(C2CC(c3ccc(F)cc3)=NN2C(N)=S)cc1. The van der Waals surface area contributed by atoms with Gasteiger partial charge in [0.25, 0.3) is 0 Å². The molecule has 0 spiro atoms. The van der Waals surface area contributed by atoms with Gasteiger partial charge in [-0.05, 0) is 47.6 Å². The number of methoxy groups -OCH3 is 1. The maximum Gasteiger partial charge on any atom is 0.187 e. The molecule has 0 aromatic heterocycles. The van der Waals surface area contributed by atoms with Crippen LogP contribution < -0.4 is 10.5 Å². The van der Waals surface area contributed by atoms with E-state index in [0.29, 0.717) is 6.42 Å².